The van der Waals surface area contributed by atoms with Crippen molar-refractivity contribution in [2.75, 3.05) is 11.1 Å². The molecule has 0 saturated carbocycles. The van der Waals surface area contributed by atoms with E-state index in [1.54, 1.807) is 23.5 Å². The Bertz CT molecular complexity index is 677. The van der Waals surface area contributed by atoms with Crippen molar-refractivity contribution >= 4 is 35.1 Å². The van der Waals surface area contributed by atoms with Gasteiger partial charge in [-0.15, -0.1) is 18.3 Å². The van der Waals surface area contributed by atoms with Gasteiger partial charge in [0.05, 0.1) is 21.5 Å². The van der Waals surface area contributed by atoms with Gasteiger partial charge in [-0.25, -0.2) is 0 Å². The van der Waals surface area contributed by atoms with Gasteiger partial charge in [-0.3, -0.25) is 9.89 Å². The maximum absolute atomic E-state index is 12.3. The first-order chi connectivity index (χ1) is 11.0. The number of aryl methyl sites for hydroxylation is 2. The van der Waals surface area contributed by atoms with Crippen LogP contribution in [0.5, 0.6) is 0 Å². The van der Waals surface area contributed by atoms with Gasteiger partial charge in [0.25, 0.3) is 0 Å². The van der Waals surface area contributed by atoms with Crippen molar-refractivity contribution in [1.29, 1.82) is 0 Å². The molecule has 1 unspecified atom stereocenters. The second-order valence-electron chi connectivity index (χ2n) is 5.11. The number of H-pyrrole nitrogens is 1. The zero-order valence-electron chi connectivity index (χ0n) is 13.6. The molecular weight excluding hydrogens is 326 g/mol. The first-order valence-electron chi connectivity index (χ1n) is 7.34. The lowest BCUT2D eigenvalue weighted by molar-refractivity contribution is -0.115. The second kappa shape index (κ2) is 8.26. The van der Waals surface area contributed by atoms with E-state index in [0.29, 0.717) is 0 Å². The molecule has 0 radical (unpaired) electrons. The van der Waals surface area contributed by atoms with Crippen LogP contribution in [0, 0.1) is 13.8 Å². The maximum atomic E-state index is 12.3. The lowest BCUT2D eigenvalue weighted by atomic mass is 10.3. The number of rotatable bonds is 7. The minimum atomic E-state index is -0.122. The molecular formula is C17H21N3OS2. The quantitative estimate of drug-likeness (QED) is 0.728. The highest BCUT2D eigenvalue weighted by Crippen LogP contribution is 2.36. The van der Waals surface area contributed by atoms with Gasteiger partial charge in [0.1, 0.15) is 0 Å². The SMILES string of the molecule is C=CCSC(C)C(=O)Nc1ccccc1Sc1c(C)n[nH]c1C. The van der Waals surface area contributed by atoms with Crippen molar-refractivity contribution in [2.45, 2.75) is 35.8 Å². The fourth-order valence-corrected chi connectivity index (χ4v) is 3.60. The molecule has 4 nitrogen and oxygen atoms in total. The Kier molecular flexibility index (Phi) is 6.36. The summed E-state index contributed by atoms with van der Waals surface area (Å²) < 4.78 is 0. The first kappa shape index (κ1) is 17.7. The minimum Gasteiger partial charge on any atom is -0.324 e. The zero-order valence-corrected chi connectivity index (χ0v) is 15.2. The van der Waals surface area contributed by atoms with Gasteiger partial charge in [0, 0.05) is 16.3 Å². The van der Waals surface area contributed by atoms with Crippen LogP contribution < -0.4 is 5.32 Å². The number of thioether (sulfide) groups is 1. The lowest BCUT2D eigenvalue weighted by Gasteiger charge is -2.14. The van der Waals surface area contributed by atoms with E-state index in [9.17, 15) is 4.79 Å². The van der Waals surface area contributed by atoms with Crippen LogP contribution in [-0.2, 0) is 4.79 Å². The van der Waals surface area contributed by atoms with Crippen molar-refractivity contribution in [3.05, 3.63) is 48.3 Å². The number of carbonyl (C=O) groups excluding carboxylic acids is 1. The summed E-state index contributed by atoms with van der Waals surface area (Å²) in [5.41, 5.74) is 2.82. The van der Waals surface area contributed by atoms with Crippen molar-refractivity contribution in [3.8, 4) is 0 Å². The van der Waals surface area contributed by atoms with Crippen LogP contribution in [0.4, 0.5) is 5.69 Å². The average molecular weight is 348 g/mol. The molecule has 0 fully saturated rings. The minimum absolute atomic E-state index is 0.00513. The summed E-state index contributed by atoms with van der Waals surface area (Å²) in [5, 5.41) is 10.1. The Morgan fingerprint density at radius 3 is 2.83 bits per heavy atom. The molecule has 0 aliphatic carbocycles. The highest BCUT2D eigenvalue weighted by Gasteiger charge is 2.16. The van der Waals surface area contributed by atoms with Crippen LogP contribution >= 0.6 is 23.5 Å². The third-order valence-electron chi connectivity index (χ3n) is 3.25. The molecule has 23 heavy (non-hydrogen) atoms. The molecule has 2 aromatic rings. The number of amides is 1. The van der Waals surface area contributed by atoms with Gasteiger partial charge >= 0.3 is 0 Å². The number of nitrogens with one attached hydrogen (secondary N) is 2. The molecule has 2 N–H and O–H groups in total. The summed E-state index contributed by atoms with van der Waals surface area (Å²) in [6.07, 6.45) is 1.81. The number of benzene rings is 1. The van der Waals surface area contributed by atoms with E-state index >= 15 is 0 Å². The van der Waals surface area contributed by atoms with Gasteiger partial charge in [-0.2, -0.15) is 5.10 Å². The van der Waals surface area contributed by atoms with Gasteiger partial charge in [-0.1, -0.05) is 30.0 Å². The number of aromatic nitrogens is 2. The van der Waals surface area contributed by atoms with E-state index in [2.05, 4.69) is 22.1 Å². The highest BCUT2D eigenvalue weighted by molar-refractivity contribution is 8.00. The third-order valence-corrected chi connectivity index (χ3v) is 5.77. The summed E-state index contributed by atoms with van der Waals surface area (Å²) >= 11 is 3.18. The van der Waals surface area contributed by atoms with E-state index in [1.165, 1.54) is 0 Å². The Morgan fingerprint density at radius 2 is 2.17 bits per heavy atom. The number of anilines is 1. The molecule has 0 bridgehead atoms. The maximum Gasteiger partial charge on any atom is 0.237 e. The van der Waals surface area contributed by atoms with Crippen molar-refractivity contribution in [1.82, 2.24) is 10.2 Å². The number of para-hydroxylation sites is 1. The van der Waals surface area contributed by atoms with Crippen LogP contribution in [0.15, 0.2) is 46.7 Å². The molecule has 2 rings (SSSR count). The predicted octanol–water partition coefficient (Wildman–Crippen LogP) is 4.42. The van der Waals surface area contributed by atoms with Crippen LogP contribution in [-0.4, -0.2) is 27.1 Å². The van der Waals surface area contributed by atoms with Crippen molar-refractivity contribution in [2.24, 2.45) is 0 Å². The monoisotopic (exact) mass is 347 g/mol. The Hall–Kier alpha value is -1.66. The van der Waals surface area contributed by atoms with Crippen molar-refractivity contribution in [3.63, 3.8) is 0 Å². The van der Waals surface area contributed by atoms with Gasteiger partial charge in [0.15, 0.2) is 0 Å². The van der Waals surface area contributed by atoms with E-state index in [0.717, 1.165) is 32.6 Å². The van der Waals surface area contributed by atoms with Crippen LogP contribution in [0.3, 0.4) is 0 Å². The van der Waals surface area contributed by atoms with Gasteiger partial charge in [0.2, 0.25) is 5.91 Å². The topological polar surface area (TPSA) is 57.8 Å². The Balaban J connectivity index is 2.14. The van der Waals surface area contributed by atoms with Crippen LogP contribution in [0.1, 0.15) is 18.3 Å². The molecule has 0 spiro atoms. The summed E-state index contributed by atoms with van der Waals surface area (Å²) in [6, 6.07) is 7.83. The lowest BCUT2D eigenvalue weighted by Crippen LogP contribution is -2.23. The van der Waals surface area contributed by atoms with Crippen LogP contribution in [0.25, 0.3) is 0 Å². The van der Waals surface area contributed by atoms with E-state index in [4.69, 9.17) is 0 Å². The fraction of sp³-hybridized carbons (Fsp3) is 0.294. The number of hydrogen-bond donors (Lipinski definition) is 2. The number of carbonyl (C=O) groups is 1. The molecule has 1 aromatic carbocycles. The molecule has 1 amide bonds. The smallest absolute Gasteiger partial charge is 0.237 e. The molecule has 1 atom stereocenters. The van der Waals surface area contributed by atoms with E-state index in [1.807, 2.05) is 51.1 Å². The molecule has 1 aromatic heterocycles. The molecule has 0 aliphatic heterocycles. The zero-order chi connectivity index (χ0) is 16.8. The fourth-order valence-electron chi connectivity index (χ4n) is 1.98. The summed E-state index contributed by atoms with van der Waals surface area (Å²) in [4.78, 5) is 14.4. The van der Waals surface area contributed by atoms with Gasteiger partial charge in [-0.05, 0) is 32.9 Å². The number of aromatic amines is 1. The number of nitrogens with zero attached hydrogens (tertiary/aromatic N) is 1. The summed E-state index contributed by atoms with van der Waals surface area (Å²) in [6.45, 7) is 9.56. The highest BCUT2D eigenvalue weighted by atomic mass is 32.2. The van der Waals surface area contributed by atoms with Gasteiger partial charge < -0.3 is 5.32 Å². The Morgan fingerprint density at radius 1 is 1.43 bits per heavy atom. The molecule has 1 heterocycles. The summed E-state index contributed by atoms with van der Waals surface area (Å²) in [5.74, 6) is 0.767. The standard InChI is InChI=1S/C17H21N3OS2/c1-5-10-22-13(4)17(21)18-14-8-6-7-9-15(14)23-16-11(2)19-20-12(16)3/h5-9,13H,1,10H2,2-4H3,(H,18,21)(H,19,20). The van der Waals surface area contributed by atoms with Crippen LogP contribution in [0.2, 0.25) is 0 Å². The largest absolute Gasteiger partial charge is 0.324 e. The summed E-state index contributed by atoms with van der Waals surface area (Å²) in [7, 11) is 0. The normalized spacial score (nSPS) is 12.0. The molecule has 6 heteroatoms. The third kappa shape index (κ3) is 4.65. The predicted molar refractivity (Wildman–Crippen MR) is 99.4 cm³/mol. The number of hydrogen-bond acceptors (Lipinski definition) is 4. The molecule has 0 saturated heterocycles. The first-order valence-corrected chi connectivity index (χ1v) is 9.21. The molecule has 122 valence electrons. The Labute approximate surface area is 145 Å². The molecule has 0 aliphatic rings. The van der Waals surface area contributed by atoms with Crippen molar-refractivity contribution < 1.29 is 4.79 Å². The second-order valence-corrected chi connectivity index (χ2v) is 7.54. The van der Waals surface area contributed by atoms with E-state index < -0.39 is 0 Å². The average Bonchev–Trinajstić information content (AvgIpc) is 2.86. The van der Waals surface area contributed by atoms with E-state index in [-0.39, 0.29) is 11.2 Å².